The van der Waals surface area contributed by atoms with Crippen LogP contribution in [0.3, 0.4) is 0 Å². The molecule has 104 valence electrons. The smallest absolute Gasteiger partial charge is 0.335 e. The average Bonchev–Trinajstić information content (AvgIpc) is 2.40. The van der Waals surface area contributed by atoms with E-state index >= 15 is 0 Å². The maximum atomic E-state index is 10.7. The highest BCUT2D eigenvalue weighted by Gasteiger charge is 2.37. The first kappa shape index (κ1) is 14.0. The average molecular weight is 268 g/mol. The predicted octanol–water partition coefficient (Wildman–Crippen LogP) is -0.591. The first-order valence-corrected chi connectivity index (χ1v) is 5.97. The van der Waals surface area contributed by atoms with Crippen molar-refractivity contribution in [3.63, 3.8) is 0 Å². The number of benzene rings is 1. The number of hydrogen-bond acceptors (Lipinski definition) is 5. The Morgan fingerprint density at radius 1 is 1.16 bits per heavy atom. The molecule has 1 aliphatic heterocycles. The molecule has 1 fully saturated rings. The molecule has 1 saturated heterocycles. The Balaban J connectivity index is 2.03. The molecule has 6 nitrogen and oxygen atoms in total. The summed E-state index contributed by atoms with van der Waals surface area (Å²) in [6.07, 6.45) is -3.75. The number of carboxylic acids is 1. The van der Waals surface area contributed by atoms with Crippen molar-refractivity contribution in [1.29, 1.82) is 0 Å². The third-order valence-electron chi connectivity index (χ3n) is 3.24. The first-order valence-electron chi connectivity index (χ1n) is 5.97. The second-order valence-corrected chi connectivity index (χ2v) is 4.63. The quantitative estimate of drug-likeness (QED) is 0.583. The summed E-state index contributed by atoms with van der Waals surface area (Å²) >= 11 is 0. The van der Waals surface area contributed by atoms with Gasteiger partial charge in [-0.05, 0) is 17.7 Å². The van der Waals surface area contributed by atoms with Crippen molar-refractivity contribution in [3.05, 3.63) is 35.4 Å². The standard InChI is InChI=1S/C13H16O6/c14-9-6-19-10(12(16)11(9)15)5-7-1-3-8(4-2-7)13(17)18/h1-4,9-12,14-16H,5-6H2,(H,17,18)/t9-,10-,11+,12+/m1/s1. The largest absolute Gasteiger partial charge is 0.478 e. The van der Waals surface area contributed by atoms with Crippen LogP contribution in [-0.4, -0.2) is 57.4 Å². The van der Waals surface area contributed by atoms with Crippen molar-refractivity contribution in [3.8, 4) is 0 Å². The summed E-state index contributed by atoms with van der Waals surface area (Å²) in [7, 11) is 0. The molecule has 4 atom stereocenters. The highest BCUT2D eigenvalue weighted by Crippen LogP contribution is 2.19. The lowest BCUT2D eigenvalue weighted by molar-refractivity contribution is -0.186. The molecule has 0 bridgehead atoms. The lowest BCUT2D eigenvalue weighted by Crippen LogP contribution is -2.53. The molecule has 0 unspecified atom stereocenters. The van der Waals surface area contributed by atoms with Crippen molar-refractivity contribution < 1.29 is 30.0 Å². The monoisotopic (exact) mass is 268 g/mol. The second-order valence-electron chi connectivity index (χ2n) is 4.63. The second kappa shape index (κ2) is 5.66. The van der Waals surface area contributed by atoms with Crippen LogP contribution in [0.1, 0.15) is 15.9 Å². The van der Waals surface area contributed by atoms with E-state index in [1.807, 2.05) is 0 Å². The Morgan fingerprint density at radius 3 is 2.37 bits per heavy atom. The third kappa shape index (κ3) is 3.10. The topological polar surface area (TPSA) is 107 Å². The number of carbonyl (C=O) groups is 1. The third-order valence-corrected chi connectivity index (χ3v) is 3.24. The van der Waals surface area contributed by atoms with E-state index in [9.17, 15) is 20.1 Å². The lowest BCUT2D eigenvalue weighted by Gasteiger charge is -2.35. The number of aromatic carboxylic acids is 1. The molecule has 1 aromatic rings. The highest BCUT2D eigenvalue weighted by molar-refractivity contribution is 5.87. The van der Waals surface area contributed by atoms with Gasteiger partial charge in [-0.15, -0.1) is 0 Å². The maximum Gasteiger partial charge on any atom is 0.335 e. The van der Waals surface area contributed by atoms with E-state index in [0.29, 0.717) is 6.42 Å². The summed E-state index contributed by atoms with van der Waals surface area (Å²) in [6.45, 7) is -0.0316. The molecule has 0 radical (unpaired) electrons. The van der Waals surface area contributed by atoms with Gasteiger partial charge in [0.15, 0.2) is 0 Å². The van der Waals surface area contributed by atoms with E-state index in [2.05, 4.69) is 0 Å². The first-order chi connectivity index (χ1) is 8.99. The van der Waals surface area contributed by atoms with Crippen LogP contribution in [0.4, 0.5) is 0 Å². The summed E-state index contributed by atoms with van der Waals surface area (Å²) in [4.78, 5) is 10.7. The minimum Gasteiger partial charge on any atom is -0.478 e. The van der Waals surface area contributed by atoms with E-state index in [-0.39, 0.29) is 12.2 Å². The predicted molar refractivity (Wildman–Crippen MR) is 64.9 cm³/mol. The van der Waals surface area contributed by atoms with Crippen LogP contribution < -0.4 is 0 Å². The van der Waals surface area contributed by atoms with Gasteiger partial charge in [-0.25, -0.2) is 4.79 Å². The normalized spacial score (nSPS) is 31.1. The minimum atomic E-state index is -1.22. The Labute approximate surface area is 109 Å². The van der Waals surface area contributed by atoms with Gasteiger partial charge >= 0.3 is 5.97 Å². The number of aliphatic hydroxyl groups is 3. The van der Waals surface area contributed by atoms with Crippen LogP contribution in [0.15, 0.2) is 24.3 Å². The number of aliphatic hydroxyl groups excluding tert-OH is 3. The fourth-order valence-electron chi connectivity index (χ4n) is 2.06. The summed E-state index contributed by atoms with van der Waals surface area (Å²) in [6, 6.07) is 6.21. The molecular formula is C13H16O6. The molecule has 1 aromatic carbocycles. The van der Waals surface area contributed by atoms with E-state index in [0.717, 1.165) is 5.56 Å². The van der Waals surface area contributed by atoms with Crippen LogP contribution >= 0.6 is 0 Å². The fourth-order valence-corrected chi connectivity index (χ4v) is 2.06. The molecule has 4 N–H and O–H groups in total. The maximum absolute atomic E-state index is 10.7. The lowest BCUT2D eigenvalue weighted by atomic mass is 9.95. The summed E-state index contributed by atoms with van der Waals surface area (Å²) < 4.78 is 5.28. The van der Waals surface area contributed by atoms with Crippen molar-refractivity contribution in [2.45, 2.75) is 30.8 Å². The SMILES string of the molecule is O=C(O)c1ccc(C[C@H]2OC[C@@H](O)[C@H](O)[C@H]2O)cc1. The van der Waals surface area contributed by atoms with Gasteiger partial charge in [0.1, 0.15) is 18.3 Å². The molecule has 0 amide bonds. The Bertz CT molecular complexity index is 443. The van der Waals surface area contributed by atoms with Crippen LogP contribution in [0.2, 0.25) is 0 Å². The molecule has 6 heteroatoms. The van der Waals surface area contributed by atoms with Crippen LogP contribution in [0.25, 0.3) is 0 Å². The summed E-state index contributed by atoms with van der Waals surface area (Å²) in [5, 5.41) is 37.4. The van der Waals surface area contributed by atoms with Gasteiger partial charge in [0.05, 0.1) is 18.3 Å². The van der Waals surface area contributed by atoms with Gasteiger partial charge in [-0.1, -0.05) is 12.1 Å². The zero-order valence-electron chi connectivity index (χ0n) is 10.1. The molecule has 0 spiro atoms. The van der Waals surface area contributed by atoms with Crippen molar-refractivity contribution in [1.82, 2.24) is 0 Å². The van der Waals surface area contributed by atoms with Crippen LogP contribution in [0, 0.1) is 0 Å². The van der Waals surface area contributed by atoms with Crippen LogP contribution in [-0.2, 0) is 11.2 Å². The molecule has 2 rings (SSSR count). The number of carboxylic acid groups (broad SMARTS) is 1. The van der Waals surface area contributed by atoms with E-state index in [1.54, 1.807) is 12.1 Å². The Kier molecular flexibility index (Phi) is 4.16. The zero-order valence-corrected chi connectivity index (χ0v) is 10.1. The summed E-state index contributed by atoms with van der Waals surface area (Å²) in [5.74, 6) is -1.00. The molecule has 19 heavy (non-hydrogen) atoms. The highest BCUT2D eigenvalue weighted by atomic mass is 16.5. The molecular weight excluding hydrogens is 252 g/mol. The number of hydrogen-bond donors (Lipinski definition) is 4. The fraction of sp³-hybridized carbons (Fsp3) is 0.462. The van der Waals surface area contributed by atoms with E-state index in [1.165, 1.54) is 12.1 Å². The molecule has 0 aliphatic carbocycles. The zero-order chi connectivity index (χ0) is 14.0. The van der Waals surface area contributed by atoms with Crippen molar-refractivity contribution in [2.75, 3.05) is 6.61 Å². The van der Waals surface area contributed by atoms with Gasteiger partial charge in [-0.3, -0.25) is 0 Å². The molecule has 0 saturated carbocycles. The van der Waals surface area contributed by atoms with Crippen molar-refractivity contribution >= 4 is 5.97 Å². The van der Waals surface area contributed by atoms with Gasteiger partial charge in [0.2, 0.25) is 0 Å². The summed E-state index contributed by atoms with van der Waals surface area (Å²) in [5.41, 5.74) is 0.974. The van der Waals surface area contributed by atoms with Crippen LogP contribution in [0.5, 0.6) is 0 Å². The molecule has 1 heterocycles. The van der Waals surface area contributed by atoms with Gasteiger partial charge in [0, 0.05) is 6.42 Å². The van der Waals surface area contributed by atoms with E-state index < -0.39 is 30.4 Å². The van der Waals surface area contributed by atoms with E-state index in [4.69, 9.17) is 9.84 Å². The van der Waals surface area contributed by atoms with Crippen molar-refractivity contribution in [2.24, 2.45) is 0 Å². The van der Waals surface area contributed by atoms with Gasteiger partial charge in [-0.2, -0.15) is 0 Å². The van der Waals surface area contributed by atoms with Gasteiger partial charge in [0.25, 0.3) is 0 Å². The Hall–Kier alpha value is -1.47. The molecule has 1 aliphatic rings. The number of rotatable bonds is 3. The molecule has 0 aromatic heterocycles. The number of ether oxygens (including phenoxy) is 1. The Morgan fingerprint density at radius 2 is 1.79 bits per heavy atom. The van der Waals surface area contributed by atoms with Gasteiger partial charge < -0.3 is 25.2 Å². The minimum absolute atomic E-state index is 0.0316.